The lowest BCUT2D eigenvalue weighted by Crippen LogP contribution is -2.48. The minimum Gasteiger partial charge on any atom is -0.394 e. The summed E-state index contributed by atoms with van der Waals surface area (Å²) in [6.45, 7) is 4.61. The molecule has 1 unspecified atom stereocenters. The van der Waals surface area contributed by atoms with Crippen molar-refractivity contribution in [1.82, 2.24) is 4.90 Å². The predicted molar refractivity (Wildman–Crippen MR) is 64.2 cm³/mol. The van der Waals surface area contributed by atoms with E-state index in [-0.39, 0.29) is 12.1 Å². The number of aliphatic hydroxyl groups excluding tert-OH is 1. The van der Waals surface area contributed by atoms with Gasteiger partial charge < -0.3 is 5.11 Å². The van der Waals surface area contributed by atoms with E-state index in [1.807, 2.05) is 0 Å². The van der Waals surface area contributed by atoms with Gasteiger partial charge in [-0.05, 0) is 44.3 Å². The van der Waals surface area contributed by atoms with E-state index in [0.29, 0.717) is 0 Å². The van der Waals surface area contributed by atoms with Crippen LogP contribution >= 0.6 is 11.3 Å². The molecule has 1 aromatic rings. The summed E-state index contributed by atoms with van der Waals surface area (Å²) in [7, 11) is 0. The Morgan fingerprint density at radius 2 is 2.13 bits per heavy atom. The fourth-order valence-corrected chi connectivity index (χ4v) is 3.21. The molecule has 2 heterocycles. The maximum atomic E-state index is 9.67. The second-order valence-electron chi connectivity index (χ2n) is 4.46. The molecule has 1 atom stereocenters. The van der Waals surface area contributed by atoms with Gasteiger partial charge in [-0.25, -0.2) is 0 Å². The Hall–Kier alpha value is -0.380. The van der Waals surface area contributed by atoms with Crippen LogP contribution in [0.2, 0.25) is 0 Å². The molecule has 2 nitrogen and oxygen atoms in total. The van der Waals surface area contributed by atoms with Gasteiger partial charge in [-0.2, -0.15) is 0 Å². The van der Waals surface area contributed by atoms with Gasteiger partial charge in [0.25, 0.3) is 0 Å². The molecule has 1 saturated heterocycles. The van der Waals surface area contributed by atoms with E-state index in [1.165, 1.54) is 24.1 Å². The Labute approximate surface area is 95.5 Å². The Morgan fingerprint density at radius 1 is 1.40 bits per heavy atom. The predicted octanol–water partition coefficient (Wildman–Crippen LogP) is 2.44. The molecule has 15 heavy (non-hydrogen) atoms. The van der Waals surface area contributed by atoms with Gasteiger partial charge in [0.2, 0.25) is 0 Å². The molecule has 1 aliphatic rings. The smallest absolute Gasteiger partial charge is 0.0758 e. The summed E-state index contributed by atoms with van der Waals surface area (Å²) in [5.41, 5.74) is -0.158. The average molecular weight is 225 g/mol. The van der Waals surface area contributed by atoms with Crippen LogP contribution < -0.4 is 0 Å². The summed E-state index contributed by atoms with van der Waals surface area (Å²) < 4.78 is 0. The van der Waals surface area contributed by atoms with E-state index < -0.39 is 0 Å². The van der Waals surface area contributed by atoms with Gasteiger partial charge in [-0.3, -0.25) is 4.90 Å². The summed E-state index contributed by atoms with van der Waals surface area (Å²) in [6, 6.07) is 4.20. The van der Waals surface area contributed by atoms with Crippen molar-refractivity contribution in [1.29, 1.82) is 0 Å². The highest BCUT2D eigenvalue weighted by atomic mass is 32.1. The molecule has 0 saturated carbocycles. The normalized spacial score (nSPS) is 22.5. The van der Waals surface area contributed by atoms with Crippen LogP contribution in [0.25, 0.3) is 0 Å². The zero-order valence-electron chi connectivity index (χ0n) is 9.28. The van der Waals surface area contributed by atoms with Crippen molar-refractivity contribution in [3.05, 3.63) is 22.4 Å². The second-order valence-corrected chi connectivity index (χ2v) is 5.40. The Balaban J connectivity index is 2.20. The topological polar surface area (TPSA) is 23.5 Å². The van der Waals surface area contributed by atoms with E-state index in [2.05, 4.69) is 29.3 Å². The molecule has 1 aromatic heterocycles. The van der Waals surface area contributed by atoms with E-state index in [9.17, 15) is 5.11 Å². The van der Waals surface area contributed by atoms with Crippen molar-refractivity contribution in [3.8, 4) is 0 Å². The van der Waals surface area contributed by atoms with Crippen molar-refractivity contribution < 1.29 is 5.11 Å². The van der Waals surface area contributed by atoms with Crippen LogP contribution in [-0.2, 0) is 5.54 Å². The van der Waals surface area contributed by atoms with E-state index in [4.69, 9.17) is 0 Å². The molecule has 0 radical (unpaired) electrons. The van der Waals surface area contributed by atoms with E-state index >= 15 is 0 Å². The molecule has 84 valence electrons. The van der Waals surface area contributed by atoms with Gasteiger partial charge >= 0.3 is 0 Å². The maximum absolute atomic E-state index is 9.67. The van der Waals surface area contributed by atoms with Crippen LogP contribution in [0.4, 0.5) is 0 Å². The number of likely N-dealkylation sites (tertiary alicyclic amines) is 1. The first-order chi connectivity index (χ1) is 7.27. The molecule has 1 aliphatic heterocycles. The number of thiophene rings is 1. The highest BCUT2D eigenvalue weighted by molar-refractivity contribution is 7.10. The number of aliphatic hydroxyl groups is 1. The van der Waals surface area contributed by atoms with Gasteiger partial charge in [0.05, 0.1) is 12.1 Å². The molecule has 0 aromatic carbocycles. The zero-order chi connectivity index (χ0) is 10.7. The Morgan fingerprint density at radius 3 is 2.67 bits per heavy atom. The van der Waals surface area contributed by atoms with E-state index in [1.54, 1.807) is 11.3 Å². The first-order valence-corrected chi connectivity index (χ1v) is 6.55. The van der Waals surface area contributed by atoms with Crippen molar-refractivity contribution >= 4 is 11.3 Å². The van der Waals surface area contributed by atoms with Gasteiger partial charge in [-0.1, -0.05) is 12.5 Å². The fraction of sp³-hybridized carbons (Fsp3) is 0.667. The Kier molecular flexibility index (Phi) is 3.44. The molecule has 3 heteroatoms. The van der Waals surface area contributed by atoms with Crippen molar-refractivity contribution in [2.24, 2.45) is 0 Å². The molecule has 2 rings (SSSR count). The van der Waals surface area contributed by atoms with Crippen molar-refractivity contribution in [2.75, 3.05) is 19.7 Å². The summed E-state index contributed by atoms with van der Waals surface area (Å²) in [5.74, 6) is 0. The highest BCUT2D eigenvalue weighted by Gasteiger charge is 2.34. The van der Waals surface area contributed by atoms with Gasteiger partial charge in [0.1, 0.15) is 0 Å². The molecule has 0 bridgehead atoms. The third kappa shape index (κ3) is 2.10. The quantitative estimate of drug-likeness (QED) is 0.854. The SMILES string of the molecule is CC(CO)(c1cccs1)N1CCCCC1. The second kappa shape index (κ2) is 4.64. The van der Waals surface area contributed by atoms with Gasteiger partial charge in [0, 0.05) is 4.88 Å². The number of nitrogens with zero attached hydrogens (tertiary/aromatic N) is 1. The minimum atomic E-state index is -0.158. The van der Waals surface area contributed by atoms with Crippen molar-refractivity contribution in [3.63, 3.8) is 0 Å². The fourth-order valence-electron chi connectivity index (χ4n) is 2.31. The summed E-state index contributed by atoms with van der Waals surface area (Å²) in [6.07, 6.45) is 3.87. The molecule has 0 aliphatic carbocycles. The van der Waals surface area contributed by atoms with Gasteiger partial charge in [-0.15, -0.1) is 11.3 Å². The maximum Gasteiger partial charge on any atom is 0.0758 e. The third-order valence-corrected chi connectivity index (χ3v) is 4.54. The van der Waals surface area contributed by atoms with E-state index in [0.717, 1.165) is 13.1 Å². The number of rotatable bonds is 3. The lowest BCUT2D eigenvalue weighted by Gasteiger charge is -2.41. The monoisotopic (exact) mass is 225 g/mol. The molecule has 0 amide bonds. The van der Waals surface area contributed by atoms with Gasteiger partial charge in [0.15, 0.2) is 0 Å². The standard InChI is InChI=1S/C12H19NOS/c1-12(10-14,11-6-5-9-15-11)13-7-3-2-4-8-13/h5-6,9,14H,2-4,7-8,10H2,1H3. The number of hydrogen-bond acceptors (Lipinski definition) is 3. The van der Waals surface area contributed by atoms with Crippen LogP contribution in [0.5, 0.6) is 0 Å². The first kappa shape index (κ1) is 11.1. The summed E-state index contributed by atoms with van der Waals surface area (Å²) in [5, 5.41) is 11.8. The molecule has 1 fully saturated rings. The lowest BCUT2D eigenvalue weighted by molar-refractivity contribution is 0.0286. The lowest BCUT2D eigenvalue weighted by atomic mass is 9.95. The third-order valence-electron chi connectivity index (χ3n) is 3.41. The molecular weight excluding hydrogens is 206 g/mol. The van der Waals surface area contributed by atoms with Crippen LogP contribution in [-0.4, -0.2) is 29.7 Å². The average Bonchev–Trinajstić information content (AvgIpc) is 2.83. The van der Waals surface area contributed by atoms with Crippen LogP contribution in [0.15, 0.2) is 17.5 Å². The summed E-state index contributed by atoms with van der Waals surface area (Å²) >= 11 is 1.75. The number of piperidine rings is 1. The zero-order valence-corrected chi connectivity index (χ0v) is 10.1. The first-order valence-electron chi connectivity index (χ1n) is 5.67. The minimum absolute atomic E-state index is 0.158. The van der Waals surface area contributed by atoms with Crippen molar-refractivity contribution in [2.45, 2.75) is 31.7 Å². The number of hydrogen-bond donors (Lipinski definition) is 1. The van der Waals surface area contributed by atoms with Crippen LogP contribution in [0.3, 0.4) is 0 Å². The molecular formula is C12H19NOS. The van der Waals surface area contributed by atoms with Crippen LogP contribution in [0, 0.1) is 0 Å². The Bertz CT molecular complexity index is 293. The molecule has 1 N–H and O–H groups in total. The largest absolute Gasteiger partial charge is 0.394 e. The highest BCUT2D eigenvalue weighted by Crippen LogP contribution is 2.33. The van der Waals surface area contributed by atoms with Crippen LogP contribution in [0.1, 0.15) is 31.1 Å². The molecule has 0 spiro atoms. The summed E-state index contributed by atoms with van der Waals surface area (Å²) in [4.78, 5) is 3.72.